The Balaban J connectivity index is 2.76. The lowest BCUT2D eigenvalue weighted by Gasteiger charge is -2.08. The van der Waals surface area contributed by atoms with E-state index >= 15 is 0 Å². The van der Waals surface area contributed by atoms with Gasteiger partial charge in [0, 0.05) is 18.1 Å². The van der Waals surface area contributed by atoms with E-state index in [4.69, 9.17) is 17.3 Å². The fourth-order valence-corrected chi connectivity index (χ4v) is 2.95. The van der Waals surface area contributed by atoms with Gasteiger partial charge in [-0.1, -0.05) is 37.4 Å². The van der Waals surface area contributed by atoms with Gasteiger partial charge < -0.3 is 5.73 Å². The van der Waals surface area contributed by atoms with Gasteiger partial charge in [0.05, 0.1) is 4.90 Å². The van der Waals surface area contributed by atoms with Gasteiger partial charge in [0.2, 0.25) is 10.0 Å². The second kappa shape index (κ2) is 7.09. The molecular weight excluding hydrogens is 272 g/mol. The highest BCUT2D eigenvalue weighted by Crippen LogP contribution is 2.20. The maximum atomic E-state index is 11.9. The molecule has 6 heteroatoms. The molecule has 0 saturated carbocycles. The van der Waals surface area contributed by atoms with Crippen molar-refractivity contribution < 1.29 is 8.42 Å². The van der Waals surface area contributed by atoms with Crippen LogP contribution in [0.15, 0.2) is 23.1 Å². The Morgan fingerprint density at radius 3 is 2.61 bits per heavy atom. The Morgan fingerprint density at radius 1 is 1.33 bits per heavy atom. The number of nitrogens with two attached hydrogens (primary N) is 1. The fourth-order valence-electron chi connectivity index (χ4n) is 1.53. The van der Waals surface area contributed by atoms with Crippen LogP contribution in [0.4, 0.5) is 0 Å². The van der Waals surface area contributed by atoms with E-state index in [9.17, 15) is 8.42 Å². The van der Waals surface area contributed by atoms with Crippen LogP contribution in [0.25, 0.3) is 0 Å². The molecule has 0 aliphatic carbocycles. The van der Waals surface area contributed by atoms with Gasteiger partial charge in [-0.15, -0.1) is 0 Å². The summed E-state index contributed by atoms with van der Waals surface area (Å²) in [5, 5.41) is 0.383. The number of nitrogens with one attached hydrogen (secondary N) is 1. The zero-order valence-electron chi connectivity index (χ0n) is 10.4. The smallest absolute Gasteiger partial charge is 0.240 e. The van der Waals surface area contributed by atoms with E-state index in [0.29, 0.717) is 18.1 Å². The van der Waals surface area contributed by atoms with Crippen LogP contribution in [0.5, 0.6) is 0 Å². The number of hydrogen-bond acceptors (Lipinski definition) is 3. The van der Waals surface area contributed by atoms with Crippen molar-refractivity contribution in [1.82, 2.24) is 4.72 Å². The van der Waals surface area contributed by atoms with Gasteiger partial charge in [-0.25, -0.2) is 13.1 Å². The van der Waals surface area contributed by atoms with Gasteiger partial charge in [0.25, 0.3) is 0 Å². The lowest BCUT2D eigenvalue weighted by molar-refractivity contribution is 0.576. The highest BCUT2D eigenvalue weighted by Gasteiger charge is 2.14. The molecule has 0 aliphatic rings. The molecule has 0 unspecified atom stereocenters. The molecule has 1 rings (SSSR count). The van der Waals surface area contributed by atoms with Crippen LogP contribution in [-0.4, -0.2) is 15.0 Å². The number of sulfonamides is 1. The average molecular weight is 291 g/mol. The highest BCUT2D eigenvalue weighted by molar-refractivity contribution is 7.89. The molecule has 1 aromatic carbocycles. The third kappa shape index (κ3) is 4.24. The monoisotopic (exact) mass is 290 g/mol. The molecule has 18 heavy (non-hydrogen) atoms. The third-order valence-corrected chi connectivity index (χ3v) is 4.44. The lowest BCUT2D eigenvalue weighted by atomic mass is 10.2. The Hall–Kier alpha value is -0.620. The van der Waals surface area contributed by atoms with Crippen molar-refractivity contribution >= 4 is 21.6 Å². The molecule has 0 saturated heterocycles. The molecule has 4 nitrogen and oxygen atoms in total. The van der Waals surface area contributed by atoms with E-state index in [1.807, 2.05) is 0 Å². The van der Waals surface area contributed by atoms with Crippen LogP contribution in [0.1, 0.15) is 31.7 Å². The molecule has 1 aromatic rings. The van der Waals surface area contributed by atoms with E-state index in [1.54, 1.807) is 6.07 Å². The summed E-state index contributed by atoms with van der Waals surface area (Å²) in [6, 6.07) is 4.60. The molecule has 0 heterocycles. The van der Waals surface area contributed by atoms with Crippen molar-refractivity contribution in [2.75, 3.05) is 6.54 Å². The van der Waals surface area contributed by atoms with Crippen LogP contribution < -0.4 is 10.5 Å². The maximum Gasteiger partial charge on any atom is 0.240 e. The quantitative estimate of drug-likeness (QED) is 0.757. The SMILES string of the molecule is CCCCCNS(=O)(=O)c1ccc(CN)c(Cl)c1. The van der Waals surface area contributed by atoms with Crippen LogP contribution >= 0.6 is 11.6 Å². The molecular formula is C12H19ClN2O2S. The molecule has 0 aliphatic heterocycles. The summed E-state index contributed by atoms with van der Waals surface area (Å²) in [6.45, 7) is 2.81. The minimum atomic E-state index is -3.46. The molecule has 0 radical (unpaired) electrons. The van der Waals surface area contributed by atoms with Crippen molar-refractivity contribution in [2.24, 2.45) is 5.73 Å². The van der Waals surface area contributed by atoms with Gasteiger partial charge in [0.15, 0.2) is 0 Å². The first-order chi connectivity index (χ1) is 8.51. The molecule has 0 spiro atoms. The van der Waals surface area contributed by atoms with Crippen molar-refractivity contribution in [3.05, 3.63) is 28.8 Å². The molecule has 0 aromatic heterocycles. The van der Waals surface area contributed by atoms with E-state index in [-0.39, 0.29) is 4.90 Å². The molecule has 3 N–H and O–H groups in total. The molecule has 0 bridgehead atoms. The molecule has 0 fully saturated rings. The van der Waals surface area contributed by atoms with Gasteiger partial charge in [-0.3, -0.25) is 0 Å². The second-order valence-electron chi connectivity index (χ2n) is 4.06. The van der Waals surface area contributed by atoms with Crippen molar-refractivity contribution in [2.45, 2.75) is 37.6 Å². The fraction of sp³-hybridized carbons (Fsp3) is 0.500. The van der Waals surface area contributed by atoms with Crippen LogP contribution in [0, 0.1) is 0 Å². The molecule has 0 atom stereocenters. The van der Waals surface area contributed by atoms with Crippen LogP contribution in [-0.2, 0) is 16.6 Å². The van der Waals surface area contributed by atoms with E-state index in [2.05, 4.69) is 11.6 Å². The summed E-state index contributed by atoms with van der Waals surface area (Å²) < 4.78 is 26.4. The number of halogens is 1. The number of benzene rings is 1. The van der Waals surface area contributed by atoms with E-state index < -0.39 is 10.0 Å². The largest absolute Gasteiger partial charge is 0.326 e. The number of rotatable bonds is 7. The van der Waals surface area contributed by atoms with Crippen molar-refractivity contribution in [3.63, 3.8) is 0 Å². The van der Waals surface area contributed by atoms with Crippen LogP contribution in [0.2, 0.25) is 5.02 Å². The first-order valence-electron chi connectivity index (χ1n) is 5.99. The van der Waals surface area contributed by atoms with Gasteiger partial charge in [-0.05, 0) is 24.1 Å². The highest BCUT2D eigenvalue weighted by atomic mass is 35.5. The molecule has 0 amide bonds. The standard InChI is InChI=1S/C12H19ClN2O2S/c1-2-3-4-7-15-18(16,17)11-6-5-10(9-14)12(13)8-11/h5-6,8,15H,2-4,7,9,14H2,1H3. The summed E-state index contributed by atoms with van der Waals surface area (Å²) in [5.41, 5.74) is 6.21. The van der Waals surface area contributed by atoms with Crippen molar-refractivity contribution in [1.29, 1.82) is 0 Å². The second-order valence-corrected chi connectivity index (χ2v) is 6.24. The Morgan fingerprint density at radius 2 is 2.06 bits per heavy atom. The summed E-state index contributed by atoms with van der Waals surface area (Å²) >= 11 is 5.95. The number of hydrogen-bond donors (Lipinski definition) is 2. The summed E-state index contributed by atoms with van der Waals surface area (Å²) in [6.07, 6.45) is 2.90. The topological polar surface area (TPSA) is 72.2 Å². The van der Waals surface area contributed by atoms with E-state index in [0.717, 1.165) is 24.8 Å². The zero-order chi connectivity index (χ0) is 13.6. The van der Waals surface area contributed by atoms with Crippen LogP contribution in [0.3, 0.4) is 0 Å². The maximum absolute atomic E-state index is 11.9. The molecule has 102 valence electrons. The lowest BCUT2D eigenvalue weighted by Crippen LogP contribution is -2.24. The Kier molecular flexibility index (Phi) is 6.08. The minimum absolute atomic E-state index is 0.182. The van der Waals surface area contributed by atoms with Gasteiger partial charge in [-0.2, -0.15) is 0 Å². The van der Waals surface area contributed by atoms with Gasteiger partial charge in [0.1, 0.15) is 0 Å². The Labute approximate surface area is 114 Å². The predicted molar refractivity (Wildman–Crippen MR) is 74.1 cm³/mol. The zero-order valence-corrected chi connectivity index (χ0v) is 12.0. The normalized spacial score (nSPS) is 11.7. The van der Waals surface area contributed by atoms with Crippen molar-refractivity contribution in [3.8, 4) is 0 Å². The first-order valence-corrected chi connectivity index (χ1v) is 7.85. The third-order valence-electron chi connectivity index (χ3n) is 2.63. The first kappa shape index (κ1) is 15.4. The summed E-state index contributed by atoms with van der Waals surface area (Å²) in [4.78, 5) is 0.182. The summed E-state index contributed by atoms with van der Waals surface area (Å²) in [7, 11) is -3.46. The number of unbranched alkanes of at least 4 members (excludes halogenated alkanes) is 2. The van der Waals surface area contributed by atoms with E-state index in [1.165, 1.54) is 12.1 Å². The summed E-state index contributed by atoms with van der Waals surface area (Å²) in [5.74, 6) is 0. The Bertz CT molecular complexity index is 489. The minimum Gasteiger partial charge on any atom is -0.326 e. The average Bonchev–Trinajstić information content (AvgIpc) is 2.34. The van der Waals surface area contributed by atoms with Gasteiger partial charge >= 0.3 is 0 Å². The predicted octanol–water partition coefficient (Wildman–Crippen LogP) is 2.27.